The molecule has 190 valence electrons. The molecule has 5 aliphatic rings. The summed E-state index contributed by atoms with van der Waals surface area (Å²) < 4.78 is 0. The maximum absolute atomic E-state index is 12.4. The summed E-state index contributed by atoms with van der Waals surface area (Å²) >= 11 is 0. The van der Waals surface area contributed by atoms with Crippen LogP contribution in [0.4, 0.5) is 11.4 Å². The lowest BCUT2D eigenvalue weighted by Gasteiger charge is -2.52. The topological polar surface area (TPSA) is 79.6 Å². The third-order valence-corrected chi connectivity index (χ3v) is 9.48. The number of aliphatic hydroxyl groups is 2. The van der Waals surface area contributed by atoms with Gasteiger partial charge in [0.2, 0.25) is 5.91 Å². The molecule has 7 heteroatoms. The van der Waals surface area contributed by atoms with Crippen LogP contribution in [0.15, 0.2) is 29.4 Å². The Morgan fingerprint density at radius 1 is 0.971 bits per heavy atom. The molecule has 1 unspecified atom stereocenters. The first kappa shape index (κ1) is 23.3. The number of aliphatic hydroxyl groups excluding tert-OH is 1. The zero-order chi connectivity index (χ0) is 24.0. The van der Waals surface area contributed by atoms with Crippen LogP contribution in [-0.4, -0.2) is 71.7 Å². The van der Waals surface area contributed by atoms with Crippen molar-refractivity contribution in [1.29, 1.82) is 0 Å². The molecule has 4 fully saturated rings. The molecular weight excluding hydrogens is 440 g/mol. The van der Waals surface area contributed by atoms with Crippen molar-refractivity contribution in [3.8, 4) is 0 Å². The van der Waals surface area contributed by atoms with Crippen LogP contribution in [0, 0.1) is 17.3 Å². The third-order valence-electron chi connectivity index (χ3n) is 9.48. The molecule has 3 heterocycles. The second-order valence-corrected chi connectivity index (χ2v) is 12.0. The van der Waals surface area contributed by atoms with Crippen LogP contribution in [0.25, 0.3) is 0 Å². The van der Waals surface area contributed by atoms with Crippen LogP contribution in [0.5, 0.6) is 0 Å². The maximum atomic E-state index is 12.4. The fourth-order valence-corrected chi connectivity index (χ4v) is 7.03. The van der Waals surface area contributed by atoms with Gasteiger partial charge in [0.15, 0.2) is 0 Å². The van der Waals surface area contributed by atoms with E-state index in [1.54, 1.807) is 0 Å². The summed E-state index contributed by atoms with van der Waals surface area (Å²) in [6.45, 7) is 3.88. The number of rotatable bonds is 6. The molecule has 2 aliphatic carbocycles. The first-order chi connectivity index (χ1) is 17.0. The number of hydrogen-bond acceptors (Lipinski definition) is 6. The number of anilines is 2. The number of carbonyl (C=O) groups excluding carboxylic acids is 1. The van der Waals surface area contributed by atoms with Gasteiger partial charge in [-0.1, -0.05) is 0 Å². The minimum absolute atomic E-state index is 0.157. The first-order valence-corrected chi connectivity index (χ1v) is 13.7. The maximum Gasteiger partial charge on any atom is 0.225 e. The summed E-state index contributed by atoms with van der Waals surface area (Å²) in [4.78, 5) is 16.8. The molecule has 0 bridgehead atoms. The number of likely N-dealkylation sites (tertiary alicyclic amines) is 1. The molecule has 0 aromatic heterocycles. The minimum Gasteiger partial charge on any atom is -0.396 e. The van der Waals surface area contributed by atoms with Crippen molar-refractivity contribution in [1.82, 2.24) is 4.90 Å². The molecule has 2 saturated heterocycles. The molecule has 0 radical (unpaired) electrons. The molecule has 2 saturated carbocycles. The van der Waals surface area contributed by atoms with Gasteiger partial charge in [-0.3, -0.25) is 9.80 Å². The monoisotopic (exact) mass is 480 g/mol. The van der Waals surface area contributed by atoms with E-state index in [0.717, 1.165) is 38.0 Å². The molecule has 7 nitrogen and oxygen atoms in total. The number of nitrogens with zero attached hydrogens (tertiary/aromatic N) is 4. The molecule has 1 amide bonds. The van der Waals surface area contributed by atoms with Gasteiger partial charge in [-0.2, -0.15) is 5.10 Å². The minimum atomic E-state index is -0.725. The molecule has 1 atom stereocenters. The highest BCUT2D eigenvalue weighted by molar-refractivity contribution is 5.81. The highest BCUT2D eigenvalue weighted by atomic mass is 16.3. The van der Waals surface area contributed by atoms with E-state index in [9.17, 15) is 15.0 Å². The van der Waals surface area contributed by atoms with Gasteiger partial charge in [0.1, 0.15) is 0 Å². The van der Waals surface area contributed by atoms with E-state index in [1.807, 2.05) is 11.1 Å². The van der Waals surface area contributed by atoms with Crippen LogP contribution in [0.3, 0.4) is 0 Å². The SMILES string of the molecule is O=C(C1CC1)N1CCC(O)(CC2CC=NN2c2ccc(N3CCC4(CC3)CC(CO)C4)cc2)CC1. The van der Waals surface area contributed by atoms with Crippen molar-refractivity contribution < 1.29 is 15.0 Å². The number of benzene rings is 1. The quantitative estimate of drug-likeness (QED) is 0.653. The Bertz CT molecular complexity index is 935. The zero-order valence-corrected chi connectivity index (χ0v) is 20.8. The van der Waals surface area contributed by atoms with Crippen LogP contribution >= 0.6 is 0 Å². The number of carbonyl (C=O) groups is 1. The summed E-state index contributed by atoms with van der Waals surface area (Å²) in [7, 11) is 0. The number of hydrogen-bond donors (Lipinski definition) is 2. The Morgan fingerprint density at radius 3 is 2.26 bits per heavy atom. The van der Waals surface area contributed by atoms with Crippen molar-refractivity contribution in [2.45, 2.75) is 75.9 Å². The number of piperidine rings is 2. The predicted octanol–water partition coefficient (Wildman–Crippen LogP) is 3.39. The fourth-order valence-electron chi connectivity index (χ4n) is 7.03. The van der Waals surface area contributed by atoms with E-state index in [2.05, 4.69) is 39.3 Å². The molecule has 2 N–H and O–H groups in total. The Balaban J connectivity index is 1.03. The lowest BCUT2D eigenvalue weighted by Crippen LogP contribution is -2.49. The fraction of sp³-hybridized carbons (Fsp3) is 0.714. The Morgan fingerprint density at radius 2 is 1.63 bits per heavy atom. The molecule has 1 spiro atoms. The first-order valence-electron chi connectivity index (χ1n) is 13.7. The number of amides is 1. The number of hydrazone groups is 1. The summed E-state index contributed by atoms with van der Waals surface area (Å²) in [5.74, 6) is 1.08. The summed E-state index contributed by atoms with van der Waals surface area (Å²) in [6, 6.07) is 8.92. The smallest absolute Gasteiger partial charge is 0.225 e. The van der Waals surface area contributed by atoms with Crippen molar-refractivity contribution in [2.24, 2.45) is 22.4 Å². The van der Waals surface area contributed by atoms with Crippen LogP contribution in [-0.2, 0) is 4.79 Å². The van der Waals surface area contributed by atoms with Gasteiger partial charge < -0.3 is 20.0 Å². The largest absolute Gasteiger partial charge is 0.396 e. The van der Waals surface area contributed by atoms with Gasteiger partial charge in [-0.15, -0.1) is 0 Å². The van der Waals surface area contributed by atoms with Gasteiger partial charge >= 0.3 is 0 Å². The normalized spacial score (nSPS) is 27.9. The predicted molar refractivity (Wildman–Crippen MR) is 138 cm³/mol. The molecule has 1 aromatic rings. The average Bonchev–Trinajstić information content (AvgIpc) is 3.62. The molecular formula is C28H40N4O3. The van der Waals surface area contributed by atoms with E-state index >= 15 is 0 Å². The second-order valence-electron chi connectivity index (χ2n) is 12.0. The van der Waals surface area contributed by atoms with Gasteiger partial charge in [0, 0.05) is 57.0 Å². The van der Waals surface area contributed by atoms with Crippen LogP contribution < -0.4 is 9.91 Å². The van der Waals surface area contributed by atoms with Gasteiger partial charge in [0.05, 0.1) is 17.3 Å². The highest BCUT2D eigenvalue weighted by Gasteiger charge is 2.45. The van der Waals surface area contributed by atoms with Crippen molar-refractivity contribution in [3.05, 3.63) is 24.3 Å². The van der Waals surface area contributed by atoms with Gasteiger partial charge in [0.25, 0.3) is 0 Å². The molecule has 6 rings (SSSR count). The average molecular weight is 481 g/mol. The van der Waals surface area contributed by atoms with Crippen LogP contribution in [0.1, 0.15) is 64.2 Å². The van der Waals surface area contributed by atoms with E-state index in [4.69, 9.17) is 0 Å². The van der Waals surface area contributed by atoms with Gasteiger partial charge in [-0.05, 0) is 93.4 Å². The van der Waals surface area contributed by atoms with E-state index in [1.165, 1.54) is 31.4 Å². The highest BCUT2D eigenvalue weighted by Crippen LogP contribution is 2.52. The third kappa shape index (κ3) is 4.69. The summed E-state index contributed by atoms with van der Waals surface area (Å²) in [5.41, 5.74) is 2.11. The van der Waals surface area contributed by atoms with Crippen molar-refractivity contribution >= 4 is 23.5 Å². The molecule has 3 aliphatic heterocycles. The zero-order valence-electron chi connectivity index (χ0n) is 20.8. The summed E-state index contributed by atoms with van der Waals surface area (Å²) in [6.07, 6.45) is 11.7. The van der Waals surface area contributed by atoms with E-state index < -0.39 is 5.60 Å². The summed E-state index contributed by atoms with van der Waals surface area (Å²) in [5, 5.41) is 27.4. The standard InChI is InChI=1S/C28H40N4O3/c33-20-21-17-27(18-21)8-13-30(14-9-27)23-3-5-24(6-4-23)32-25(7-12-29-32)19-28(35)10-15-31(16-11-28)26(34)22-1-2-22/h3-6,12,21-22,25,33,35H,1-2,7-11,13-20H2. The Hall–Kier alpha value is -2.12. The van der Waals surface area contributed by atoms with Crippen molar-refractivity contribution in [3.63, 3.8) is 0 Å². The van der Waals surface area contributed by atoms with E-state index in [-0.39, 0.29) is 12.0 Å². The molecule has 1 aromatic carbocycles. The second kappa shape index (κ2) is 9.07. The van der Waals surface area contributed by atoms with Crippen molar-refractivity contribution in [2.75, 3.05) is 42.7 Å². The van der Waals surface area contributed by atoms with E-state index in [0.29, 0.717) is 56.2 Å². The van der Waals surface area contributed by atoms with Gasteiger partial charge in [-0.25, -0.2) is 0 Å². The van der Waals surface area contributed by atoms with Crippen LogP contribution in [0.2, 0.25) is 0 Å². The lowest BCUT2D eigenvalue weighted by molar-refractivity contribution is -0.137. The Kier molecular flexibility index (Phi) is 6.04. The molecule has 35 heavy (non-hydrogen) atoms. The lowest BCUT2D eigenvalue weighted by atomic mass is 9.58. The Labute approximate surface area is 208 Å².